The van der Waals surface area contributed by atoms with E-state index in [1.54, 1.807) is 23.1 Å². The van der Waals surface area contributed by atoms with Crippen molar-refractivity contribution in [1.82, 2.24) is 9.80 Å². The number of urea groups is 1. The fourth-order valence-corrected chi connectivity index (χ4v) is 5.02. The van der Waals surface area contributed by atoms with Crippen LogP contribution < -0.4 is 15.2 Å². The fourth-order valence-electron chi connectivity index (χ4n) is 5.02. The zero-order valence-electron chi connectivity index (χ0n) is 20.6. The Bertz CT molecular complexity index is 1570. The number of carbonyl (C=O) groups excluding carboxylic acids is 2. The number of imide groups is 1. The van der Waals surface area contributed by atoms with Crippen LogP contribution in [-0.2, 0) is 24.3 Å². The Morgan fingerprint density at radius 3 is 2.29 bits per heavy atom. The molecule has 0 aromatic heterocycles. The first kappa shape index (κ1) is 23.5. The molecule has 0 unspecified atom stereocenters. The van der Waals surface area contributed by atoms with Gasteiger partial charge in [0.1, 0.15) is 11.9 Å². The van der Waals surface area contributed by atoms with Gasteiger partial charge in [-0.25, -0.2) is 4.79 Å². The predicted octanol–water partition coefficient (Wildman–Crippen LogP) is 4.43. The molecule has 0 spiro atoms. The molecule has 0 radical (unpaired) electrons. The number of nitrogens with one attached hydrogen (secondary N) is 1. The topological polar surface area (TPSA) is 109 Å². The van der Waals surface area contributed by atoms with E-state index in [4.69, 9.17) is 20.6 Å². The number of fused-ring (bicyclic) bond motifs is 2. The Morgan fingerprint density at radius 1 is 0.816 bits per heavy atom. The molecule has 1 saturated heterocycles. The van der Waals surface area contributed by atoms with E-state index in [9.17, 15) is 9.59 Å². The Kier molecular flexibility index (Phi) is 5.92. The molecule has 0 bridgehead atoms. The second-order valence-electron chi connectivity index (χ2n) is 9.53. The Hall–Kier alpha value is -4.85. The van der Waals surface area contributed by atoms with Crippen molar-refractivity contribution in [2.24, 2.45) is 5.73 Å². The number of nitrogens with zero attached hydrogens (tertiary/aromatic N) is 2. The minimum atomic E-state index is -0.661. The van der Waals surface area contributed by atoms with E-state index in [2.05, 4.69) is 6.07 Å². The highest BCUT2D eigenvalue weighted by molar-refractivity contribution is 6.04. The third kappa shape index (κ3) is 4.41. The molecule has 190 valence electrons. The zero-order valence-corrected chi connectivity index (χ0v) is 20.6. The third-order valence-electron chi connectivity index (χ3n) is 7.04. The van der Waals surface area contributed by atoms with Crippen molar-refractivity contribution in [3.05, 3.63) is 107 Å². The van der Waals surface area contributed by atoms with E-state index in [-0.39, 0.29) is 31.1 Å². The molecule has 0 saturated carbocycles. The smallest absolute Gasteiger partial charge is 0.328 e. The van der Waals surface area contributed by atoms with Gasteiger partial charge >= 0.3 is 6.03 Å². The second kappa shape index (κ2) is 9.55. The molecule has 6 rings (SSSR count). The number of nitrogens with two attached hydrogens (primary N) is 1. The van der Waals surface area contributed by atoms with E-state index in [1.165, 1.54) is 4.90 Å². The summed E-state index contributed by atoms with van der Waals surface area (Å²) in [4.78, 5) is 30.4. The maximum atomic E-state index is 13.7. The van der Waals surface area contributed by atoms with Gasteiger partial charge in [0.2, 0.25) is 6.79 Å². The van der Waals surface area contributed by atoms with Crippen molar-refractivity contribution in [3.63, 3.8) is 0 Å². The molecule has 3 amide bonds. The van der Waals surface area contributed by atoms with Gasteiger partial charge in [0.05, 0.1) is 6.54 Å². The van der Waals surface area contributed by atoms with Gasteiger partial charge < -0.3 is 20.1 Å². The summed E-state index contributed by atoms with van der Waals surface area (Å²) in [5.74, 6) is 0.995. The lowest BCUT2D eigenvalue weighted by molar-refractivity contribution is -0.128. The molecule has 2 heterocycles. The number of hydrogen-bond acceptors (Lipinski definition) is 5. The van der Waals surface area contributed by atoms with Crippen LogP contribution in [0.15, 0.2) is 84.9 Å². The van der Waals surface area contributed by atoms with Crippen LogP contribution in [0.25, 0.3) is 10.8 Å². The van der Waals surface area contributed by atoms with E-state index in [1.807, 2.05) is 60.7 Å². The molecular weight excluding hydrogens is 480 g/mol. The average molecular weight is 507 g/mol. The lowest BCUT2D eigenvalue weighted by atomic mass is 10.0. The summed E-state index contributed by atoms with van der Waals surface area (Å²) in [6, 6.07) is 25.8. The van der Waals surface area contributed by atoms with E-state index < -0.39 is 6.04 Å². The molecule has 0 aliphatic carbocycles. The van der Waals surface area contributed by atoms with Gasteiger partial charge in [-0.2, -0.15) is 0 Å². The largest absolute Gasteiger partial charge is 0.454 e. The first-order chi connectivity index (χ1) is 18.5. The van der Waals surface area contributed by atoms with Crippen molar-refractivity contribution in [2.45, 2.75) is 25.6 Å². The van der Waals surface area contributed by atoms with Crippen molar-refractivity contribution in [3.8, 4) is 11.5 Å². The van der Waals surface area contributed by atoms with Crippen LogP contribution in [0.4, 0.5) is 4.79 Å². The lowest BCUT2D eigenvalue weighted by Crippen LogP contribution is -2.36. The first-order valence-electron chi connectivity index (χ1n) is 12.4. The highest BCUT2D eigenvalue weighted by Gasteiger charge is 2.44. The molecule has 1 fully saturated rings. The summed E-state index contributed by atoms with van der Waals surface area (Å²) in [5.41, 5.74) is 8.82. The summed E-state index contributed by atoms with van der Waals surface area (Å²) in [6.45, 7) is 0.607. The SMILES string of the molecule is N=C(N)c1ccc(C[C@H]2C(=O)N(Cc3ccc4c(c3)OCO4)C(=O)N2Cc2ccc3ccccc3c2)cc1. The molecule has 1 atom stereocenters. The molecule has 8 heteroatoms. The minimum absolute atomic E-state index is 0.0171. The maximum absolute atomic E-state index is 13.7. The normalized spacial score (nSPS) is 16.5. The molecule has 4 aromatic carbocycles. The Labute approximate surface area is 219 Å². The van der Waals surface area contributed by atoms with Crippen LogP contribution in [0.2, 0.25) is 0 Å². The lowest BCUT2D eigenvalue weighted by Gasteiger charge is -2.22. The highest BCUT2D eigenvalue weighted by Crippen LogP contribution is 2.34. The third-order valence-corrected chi connectivity index (χ3v) is 7.04. The van der Waals surface area contributed by atoms with Crippen LogP contribution >= 0.6 is 0 Å². The van der Waals surface area contributed by atoms with Gasteiger partial charge in [0, 0.05) is 18.5 Å². The van der Waals surface area contributed by atoms with E-state index >= 15 is 0 Å². The fraction of sp³-hybridized carbons (Fsp3) is 0.167. The number of nitrogen functional groups attached to an aromatic ring is 1. The molecule has 2 aliphatic rings. The predicted molar refractivity (Wildman–Crippen MR) is 143 cm³/mol. The maximum Gasteiger partial charge on any atom is 0.328 e. The summed E-state index contributed by atoms with van der Waals surface area (Å²) < 4.78 is 10.9. The summed E-state index contributed by atoms with van der Waals surface area (Å²) in [7, 11) is 0. The van der Waals surface area contributed by atoms with Crippen molar-refractivity contribution in [1.29, 1.82) is 5.41 Å². The van der Waals surface area contributed by atoms with Gasteiger partial charge in [0.25, 0.3) is 5.91 Å². The Morgan fingerprint density at radius 2 is 1.50 bits per heavy atom. The van der Waals surface area contributed by atoms with Gasteiger partial charge in [0.15, 0.2) is 11.5 Å². The summed E-state index contributed by atoms with van der Waals surface area (Å²) in [6.07, 6.45) is 0.355. The minimum Gasteiger partial charge on any atom is -0.454 e. The van der Waals surface area contributed by atoms with Crippen LogP contribution in [0.5, 0.6) is 11.5 Å². The van der Waals surface area contributed by atoms with Gasteiger partial charge in [-0.1, -0.05) is 66.7 Å². The van der Waals surface area contributed by atoms with Gasteiger partial charge in [-0.05, 0) is 45.7 Å². The monoisotopic (exact) mass is 506 g/mol. The second-order valence-corrected chi connectivity index (χ2v) is 9.53. The van der Waals surface area contributed by atoms with Crippen molar-refractivity contribution < 1.29 is 19.1 Å². The number of benzene rings is 4. The van der Waals surface area contributed by atoms with Crippen LogP contribution in [0.3, 0.4) is 0 Å². The molecule has 8 nitrogen and oxygen atoms in total. The van der Waals surface area contributed by atoms with Gasteiger partial charge in [-0.15, -0.1) is 0 Å². The number of amidine groups is 1. The molecule has 3 N–H and O–H groups in total. The van der Waals surface area contributed by atoms with Crippen LogP contribution in [0.1, 0.15) is 22.3 Å². The molecule has 4 aromatic rings. The highest BCUT2D eigenvalue weighted by atomic mass is 16.7. The average Bonchev–Trinajstić information content (AvgIpc) is 3.48. The quantitative estimate of drug-likeness (QED) is 0.219. The van der Waals surface area contributed by atoms with Crippen LogP contribution in [-0.4, -0.2) is 40.4 Å². The van der Waals surface area contributed by atoms with Gasteiger partial charge in [-0.3, -0.25) is 15.1 Å². The summed E-state index contributed by atoms with van der Waals surface area (Å²) >= 11 is 0. The van der Waals surface area contributed by atoms with E-state index in [0.717, 1.165) is 27.5 Å². The number of rotatable bonds is 7. The van der Waals surface area contributed by atoms with E-state index in [0.29, 0.717) is 30.0 Å². The van der Waals surface area contributed by atoms with Crippen LogP contribution in [0, 0.1) is 5.41 Å². The summed E-state index contributed by atoms with van der Waals surface area (Å²) in [5, 5.41) is 9.83. The standard InChI is InChI=1S/C30H26N4O4/c31-28(32)23-10-5-19(6-11-23)14-25-29(35)34(17-21-8-12-26-27(15-21)38-18-37-26)30(36)33(25)16-20-7-9-22-3-1-2-4-24(22)13-20/h1-13,15,25H,14,16-18H2,(H3,31,32)/t25-/m0/s1. The molecule has 38 heavy (non-hydrogen) atoms. The molecule has 2 aliphatic heterocycles. The van der Waals surface area contributed by atoms with Crippen molar-refractivity contribution >= 4 is 28.5 Å². The number of amides is 3. The zero-order chi connectivity index (χ0) is 26.2. The van der Waals surface area contributed by atoms with Crippen molar-refractivity contribution in [2.75, 3.05) is 6.79 Å². The number of carbonyl (C=O) groups is 2. The number of hydrogen-bond donors (Lipinski definition) is 2. The molecular formula is C30H26N4O4. The first-order valence-corrected chi connectivity index (χ1v) is 12.4. The number of ether oxygens (including phenoxy) is 2. The Balaban J connectivity index is 1.30.